The summed E-state index contributed by atoms with van der Waals surface area (Å²) >= 11 is 0. The average Bonchev–Trinajstić information content (AvgIpc) is 3.40. The molecule has 2 aromatic heterocycles. The van der Waals surface area contributed by atoms with E-state index in [1.165, 1.54) is 7.11 Å². The molecule has 1 N–H and O–H groups in total. The molecule has 0 aromatic carbocycles. The molecule has 2 amide bonds. The van der Waals surface area contributed by atoms with Crippen LogP contribution in [0.4, 0.5) is 0 Å². The van der Waals surface area contributed by atoms with Crippen molar-refractivity contribution in [3.05, 3.63) is 56.6 Å². The zero-order valence-corrected chi connectivity index (χ0v) is 16.9. The average molecular weight is 408 g/mol. The standard InChI is InChI=1S/C22H24N4O4/c1-30-20-17(21(28)25-7-6-13-8-19(27)23-10-14(13)11-25)9-16-18(24-20)12-26(22(16)29)15-4-2-3-5-15/h8-10,15H,2-7,11-12H2,1H3,(H,23,27). The Morgan fingerprint density at radius 2 is 1.97 bits per heavy atom. The van der Waals surface area contributed by atoms with Crippen LogP contribution in [-0.2, 0) is 19.5 Å². The first-order chi connectivity index (χ1) is 14.5. The van der Waals surface area contributed by atoms with Crippen LogP contribution in [0.1, 0.15) is 63.2 Å². The van der Waals surface area contributed by atoms with E-state index in [9.17, 15) is 14.4 Å². The molecular weight excluding hydrogens is 384 g/mol. The fourth-order valence-corrected chi connectivity index (χ4v) is 4.85. The van der Waals surface area contributed by atoms with Crippen LogP contribution >= 0.6 is 0 Å². The van der Waals surface area contributed by atoms with E-state index in [0.717, 1.165) is 36.8 Å². The van der Waals surface area contributed by atoms with Gasteiger partial charge in [-0.15, -0.1) is 0 Å². The Hall–Kier alpha value is -3.16. The number of H-pyrrole nitrogens is 1. The Labute approximate surface area is 173 Å². The van der Waals surface area contributed by atoms with Crippen molar-refractivity contribution in [1.29, 1.82) is 0 Å². The lowest BCUT2D eigenvalue weighted by atomic mass is 10.0. The van der Waals surface area contributed by atoms with Crippen LogP contribution in [0.2, 0.25) is 0 Å². The minimum absolute atomic E-state index is 0.0392. The fraction of sp³-hybridized carbons (Fsp3) is 0.455. The van der Waals surface area contributed by atoms with Crippen LogP contribution in [0.15, 0.2) is 23.1 Å². The zero-order valence-electron chi connectivity index (χ0n) is 16.9. The number of ether oxygens (including phenoxy) is 1. The van der Waals surface area contributed by atoms with Crippen molar-refractivity contribution in [1.82, 2.24) is 19.8 Å². The lowest BCUT2D eigenvalue weighted by molar-refractivity contribution is 0.0706. The van der Waals surface area contributed by atoms with Gasteiger partial charge in [0.2, 0.25) is 11.4 Å². The summed E-state index contributed by atoms with van der Waals surface area (Å²) in [5, 5.41) is 0. The van der Waals surface area contributed by atoms with E-state index < -0.39 is 0 Å². The first kappa shape index (κ1) is 18.8. The Balaban J connectivity index is 1.44. The molecule has 4 heterocycles. The second-order valence-corrected chi connectivity index (χ2v) is 8.24. The maximum absolute atomic E-state index is 13.3. The van der Waals surface area contributed by atoms with Gasteiger partial charge in [0.05, 0.1) is 24.9 Å². The Kier molecular flexibility index (Phi) is 4.56. The van der Waals surface area contributed by atoms with Crippen LogP contribution in [0.3, 0.4) is 0 Å². The molecule has 0 radical (unpaired) electrons. The summed E-state index contributed by atoms with van der Waals surface area (Å²) < 4.78 is 5.43. The van der Waals surface area contributed by atoms with Gasteiger partial charge in [-0.3, -0.25) is 14.4 Å². The first-order valence-corrected chi connectivity index (χ1v) is 10.4. The predicted molar refractivity (Wildman–Crippen MR) is 108 cm³/mol. The molecule has 0 bridgehead atoms. The highest BCUT2D eigenvalue weighted by molar-refractivity contribution is 6.03. The van der Waals surface area contributed by atoms with Gasteiger partial charge in [-0.25, -0.2) is 4.98 Å². The van der Waals surface area contributed by atoms with Crippen LogP contribution in [0.25, 0.3) is 0 Å². The molecule has 0 atom stereocenters. The summed E-state index contributed by atoms with van der Waals surface area (Å²) in [6, 6.07) is 3.51. The van der Waals surface area contributed by atoms with Crippen molar-refractivity contribution in [3.8, 4) is 5.88 Å². The zero-order chi connectivity index (χ0) is 20.8. The third-order valence-electron chi connectivity index (χ3n) is 6.47. The van der Waals surface area contributed by atoms with Crippen molar-refractivity contribution in [2.24, 2.45) is 0 Å². The quantitative estimate of drug-likeness (QED) is 0.837. The number of nitrogens with one attached hydrogen (secondary N) is 1. The summed E-state index contributed by atoms with van der Waals surface area (Å²) in [7, 11) is 1.49. The maximum Gasteiger partial charge on any atom is 0.259 e. The van der Waals surface area contributed by atoms with E-state index in [0.29, 0.717) is 42.9 Å². The van der Waals surface area contributed by atoms with Crippen LogP contribution in [0, 0.1) is 0 Å². The minimum Gasteiger partial charge on any atom is -0.480 e. The highest BCUT2D eigenvalue weighted by atomic mass is 16.5. The molecule has 8 heteroatoms. The Morgan fingerprint density at radius 3 is 2.73 bits per heavy atom. The number of hydrogen-bond donors (Lipinski definition) is 1. The Bertz CT molecular complexity index is 1090. The topological polar surface area (TPSA) is 95.6 Å². The summed E-state index contributed by atoms with van der Waals surface area (Å²) in [4.78, 5) is 48.7. The van der Waals surface area contributed by atoms with E-state index in [1.54, 1.807) is 23.2 Å². The summed E-state index contributed by atoms with van der Waals surface area (Å²) in [5.41, 5.74) is 3.25. The van der Waals surface area contributed by atoms with E-state index in [4.69, 9.17) is 4.74 Å². The van der Waals surface area contributed by atoms with Gasteiger partial charge in [-0.2, -0.15) is 0 Å². The molecule has 1 aliphatic carbocycles. The predicted octanol–water partition coefficient (Wildman–Crippen LogP) is 1.88. The molecule has 0 saturated heterocycles. The molecule has 5 rings (SSSR count). The molecule has 2 aliphatic heterocycles. The normalized spacial score (nSPS) is 18.5. The number of aromatic nitrogens is 2. The highest BCUT2D eigenvalue weighted by Gasteiger charge is 2.37. The number of amides is 2. The van der Waals surface area contributed by atoms with E-state index in [-0.39, 0.29) is 29.3 Å². The SMILES string of the molecule is COc1nc2c(cc1C(=O)N1CCc3cc(=O)[nH]cc3C1)C(=O)N(C1CCCC1)C2. The van der Waals surface area contributed by atoms with Gasteiger partial charge in [0.1, 0.15) is 5.56 Å². The summed E-state index contributed by atoms with van der Waals surface area (Å²) in [5.74, 6) is 0.000807. The van der Waals surface area contributed by atoms with Gasteiger partial charge in [0.25, 0.3) is 11.8 Å². The number of methoxy groups -OCH3 is 1. The first-order valence-electron chi connectivity index (χ1n) is 10.4. The Morgan fingerprint density at radius 1 is 1.17 bits per heavy atom. The number of rotatable bonds is 3. The summed E-state index contributed by atoms with van der Waals surface area (Å²) in [6.07, 6.45) is 6.62. The molecular formula is C22H24N4O4. The van der Waals surface area contributed by atoms with Crippen LogP contribution < -0.4 is 10.3 Å². The van der Waals surface area contributed by atoms with Gasteiger partial charge in [0, 0.05) is 31.4 Å². The van der Waals surface area contributed by atoms with Crippen LogP contribution in [0.5, 0.6) is 5.88 Å². The molecule has 0 spiro atoms. The van der Waals surface area contributed by atoms with Gasteiger partial charge in [-0.1, -0.05) is 12.8 Å². The molecule has 30 heavy (non-hydrogen) atoms. The monoisotopic (exact) mass is 408 g/mol. The number of aromatic amines is 1. The van der Waals surface area contributed by atoms with Gasteiger partial charge in [-0.05, 0) is 36.5 Å². The molecule has 1 fully saturated rings. The molecule has 156 valence electrons. The molecule has 8 nitrogen and oxygen atoms in total. The maximum atomic E-state index is 13.3. The van der Waals surface area contributed by atoms with Crippen molar-refractivity contribution in [2.45, 2.75) is 51.2 Å². The number of carbonyl (C=O) groups is 2. The second kappa shape index (κ2) is 7.27. The lowest BCUT2D eigenvalue weighted by Crippen LogP contribution is -2.37. The van der Waals surface area contributed by atoms with Crippen molar-refractivity contribution in [2.75, 3.05) is 13.7 Å². The molecule has 1 saturated carbocycles. The van der Waals surface area contributed by atoms with Crippen molar-refractivity contribution >= 4 is 11.8 Å². The van der Waals surface area contributed by atoms with Crippen molar-refractivity contribution in [3.63, 3.8) is 0 Å². The third-order valence-corrected chi connectivity index (χ3v) is 6.47. The van der Waals surface area contributed by atoms with E-state index in [1.807, 2.05) is 4.90 Å². The number of carbonyl (C=O) groups excluding carboxylic acids is 2. The molecule has 2 aromatic rings. The number of pyridine rings is 2. The number of fused-ring (bicyclic) bond motifs is 2. The third kappa shape index (κ3) is 3.07. The van der Waals surface area contributed by atoms with E-state index in [2.05, 4.69) is 9.97 Å². The number of hydrogen-bond acceptors (Lipinski definition) is 5. The minimum atomic E-state index is -0.217. The smallest absolute Gasteiger partial charge is 0.259 e. The van der Waals surface area contributed by atoms with Gasteiger partial charge < -0.3 is 19.5 Å². The largest absolute Gasteiger partial charge is 0.480 e. The number of nitrogens with zero attached hydrogens (tertiary/aromatic N) is 3. The van der Waals surface area contributed by atoms with Crippen LogP contribution in [-0.4, -0.2) is 51.3 Å². The fourth-order valence-electron chi connectivity index (χ4n) is 4.85. The summed E-state index contributed by atoms with van der Waals surface area (Å²) in [6.45, 7) is 1.37. The van der Waals surface area contributed by atoms with E-state index >= 15 is 0 Å². The van der Waals surface area contributed by atoms with Gasteiger partial charge in [0.15, 0.2) is 0 Å². The second-order valence-electron chi connectivity index (χ2n) is 8.24. The van der Waals surface area contributed by atoms with Crippen molar-refractivity contribution < 1.29 is 14.3 Å². The molecule has 0 unspecified atom stereocenters. The molecule has 3 aliphatic rings. The lowest BCUT2D eigenvalue weighted by Gasteiger charge is -2.29. The highest BCUT2D eigenvalue weighted by Crippen LogP contribution is 2.33. The van der Waals surface area contributed by atoms with Gasteiger partial charge >= 0.3 is 0 Å².